The van der Waals surface area contributed by atoms with Gasteiger partial charge in [0.25, 0.3) is 0 Å². The molecule has 6 nitrogen and oxygen atoms in total. The molecular weight excluding hydrogens is 400 g/mol. The van der Waals surface area contributed by atoms with Gasteiger partial charge in [0.1, 0.15) is 11.8 Å². The fourth-order valence-corrected chi connectivity index (χ4v) is 4.15. The second-order valence-corrected chi connectivity index (χ2v) is 8.75. The fourth-order valence-electron chi connectivity index (χ4n) is 2.86. The topological polar surface area (TPSA) is 75.7 Å². The average molecular weight is 425 g/mol. The highest BCUT2D eigenvalue weighted by atomic mass is 35.5. The van der Waals surface area contributed by atoms with E-state index in [1.165, 1.54) is 7.11 Å². The molecule has 2 aromatic rings. The highest BCUT2D eigenvalue weighted by Crippen LogP contribution is 2.25. The van der Waals surface area contributed by atoms with Gasteiger partial charge in [0.15, 0.2) is 0 Å². The molecule has 1 amide bonds. The standard InChI is InChI=1S/C20H25ClN2O4S/c1-15(20(24)22-13-5-6-16-9-11-17(21)12-10-16)23(28(3,25)26)18-7-4-8-19(14-18)27-2/h4,7-12,14-15H,5-6,13H2,1-3H3,(H,22,24). The van der Waals surface area contributed by atoms with Crippen LogP contribution in [0, 0.1) is 0 Å². The van der Waals surface area contributed by atoms with E-state index in [4.69, 9.17) is 16.3 Å². The highest BCUT2D eigenvalue weighted by Gasteiger charge is 2.29. The van der Waals surface area contributed by atoms with Crippen LogP contribution < -0.4 is 14.4 Å². The van der Waals surface area contributed by atoms with Crippen LogP contribution in [0.4, 0.5) is 5.69 Å². The maximum absolute atomic E-state index is 12.5. The van der Waals surface area contributed by atoms with Crippen LogP contribution in [0.1, 0.15) is 18.9 Å². The molecule has 1 N–H and O–H groups in total. The van der Waals surface area contributed by atoms with E-state index < -0.39 is 16.1 Å². The molecule has 0 aliphatic rings. The van der Waals surface area contributed by atoms with E-state index in [9.17, 15) is 13.2 Å². The second-order valence-electron chi connectivity index (χ2n) is 6.46. The van der Waals surface area contributed by atoms with Gasteiger partial charge in [-0.05, 0) is 49.6 Å². The summed E-state index contributed by atoms with van der Waals surface area (Å²) in [6.07, 6.45) is 2.60. The molecule has 0 aliphatic carbocycles. The maximum Gasteiger partial charge on any atom is 0.243 e. The summed E-state index contributed by atoms with van der Waals surface area (Å²) in [4.78, 5) is 12.5. The summed E-state index contributed by atoms with van der Waals surface area (Å²) in [5, 5.41) is 3.50. The van der Waals surface area contributed by atoms with Crippen molar-refractivity contribution in [2.45, 2.75) is 25.8 Å². The van der Waals surface area contributed by atoms with E-state index in [1.807, 2.05) is 24.3 Å². The van der Waals surface area contributed by atoms with Crippen molar-refractivity contribution in [1.82, 2.24) is 5.32 Å². The number of anilines is 1. The summed E-state index contributed by atoms with van der Waals surface area (Å²) in [5.41, 5.74) is 1.51. The third-order valence-corrected chi connectivity index (χ3v) is 5.74. The molecule has 0 spiro atoms. The van der Waals surface area contributed by atoms with Crippen LogP contribution in [0.15, 0.2) is 48.5 Å². The molecule has 0 saturated carbocycles. The molecule has 8 heteroatoms. The largest absolute Gasteiger partial charge is 0.497 e. The number of nitrogens with zero attached hydrogens (tertiary/aromatic N) is 1. The van der Waals surface area contributed by atoms with Gasteiger partial charge in [0.05, 0.1) is 19.1 Å². The van der Waals surface area contributed by atoms with E-state index in [1.54, 1.807) is 31.2 Å². The third-order valence-electron chi connectivity index (χ3n) is 4.25. The van der Waals surface area contributed by atoms with Crippen molar-refractivity contribution < 1.29 is 17.9 Å². The van der Waals surface area contributed by atoms with Gasteiger partial charge in [0.2, 0.25) is 15.9 Å². The molecule has 0 aromatic heterocycles. The SMILES string of the molecule is COc1cccc(N(C(C)C(=O)NCCCc2ccc(Cl)cc2)S(C)(=O)=O)c1. The number of carbonyl (C=O) groups is 1. The first-order valence-electron chi connectivity index (χ1n) is 8.88. The average Bonchev–Trinajstić information content (AvgIpc) is 2.65. The van der Waals surface area contributed by atoms with E-state index >= 15 is 0 Å². The predicted octanol–water partition coefficient (Wildman–Crippen LogP) is 3.25. The molecular formula is C20H25ClN2O4S. The number of rotatable bonds is 9. The van der Waals surface area contributed by atoms with Crippen molar-refractivity contribution in [3.8, 4) is 5.75 Å². The van der Waals surface area contributed by atoms with Crippen LogP contribution in [0.2, 0.25) is 5.02 Å². The van der Waals surface area contributed by atoms with Gasteiger partial charge >= 0.3 is 0 Å². The highest BCUT2D eigenvalue weighted by molar-refractivity contribution is 7.92. The zero-order valence-electron chi connectivity index (χ0n) is 16.2. The van der Waals surface area contributed by atoms with Crippen LogP contribution in [0.25, 0.3) is 0 Å². The molecule has 2 rings (SSSR count). The number of benzene rings is 2. The first-order chi connectivity index (χ1) is 13.2. The van der Waals surface area contributed by atoms with Crippen molar-refractivity contribution in [3.05, 3.63) is 59.1 Å². The summed E-state index contributed by atoms with van der Waals surface area (Å²) in [6, 6.07) is 13.3. The Balaban J connectivity index is 2.00. The molecule has 0 heterocycles. The number of sulfonamides is 1. The Hall–Kier alpha value is -2.25. The van der Waals surface area contributed by atoms with Crippen LogP contribution in [0.3, 0.4) is 0 Å². The molecule has 0 aliphatic heterocycles. The van der Waals surface area contributed by atoms with Crippen molar-refractivity contribution in [3.63, 3.8) is 0 Å². The normalized spacial score (nSPS) is 12.3. The lowest BCUT2D eigenvalue weighted by atomic mass is 10.1. The fraction of sp³-hybridized carbons (Fsp3) is 0.350. The number of hydrogen-bond acceptors (Lipinski definition) is 4. The summed E-state index contributed by atoms with van der Waals surface area (Å²) >= 11 is 5.87. The Bertz CT molecular complexity index is 901. The quantitative estimate of drug-likeness (QED) is 0.627. The Kier molecular flexibility index (Phi) is 7.71. The Morgan fingerprint density at radius 1 is 1.21 bits per heavy atom. The predicted molar refractivity (Wildman–Crippen MR) is 113 cm³/mol. The van der Waals surface area contributed by atoms with Gasteiger partial charge in [-0.15, -0.1) is 0 Å². The number of aryl methyl sites for hydroxylation is 1. The minimum Gasteiger partial charge on any atom is -0.497 e. The molecule has 28 heavy (non-hydrogen) atoms. The van der Waals surface area contributed by atoms with Crippen molar-refractivity contribution in [1.29, 1.82) is 0 Å². The van der Waals surface area contributed by atoms with Gasteiger partial charge in [-0.25, -0.2) is 8.42 Å². The molecule has 152 valence electrons. The van der Waals surface area contributed by atoms with Gasteiger partial charge in [-0.2, -0.15) is 0 Å². The summed E-state index contributed by atoms with van der Waals surface area (Å²) < 4.78 is 30.9. The van der Waals surface area contributed by atoms with E-state index in [0.717, 1.165) is 29.0 Å². The number of methoxy groups -OCH3 is 1. The number of nitrogens with one attached hydrogen (secondary N) is 1. The lowest BCUT2D eigenvalue weighted by Gasteiger charge is -2.28. The third kappa shape index (κ3) is 6.14. The first-order valence-corrected chi connectivity index (χ1v) is 11.1. The Labute approximate surface area is 171 Å². The monoisotopic (exact) mass is 424 g/mol. The minimum absolute atomic E-state index is 0.357. The van der Waals surface area contributed by atoms with Crippen LogP contribution >= 0.6 is 11.6 Å². The van der Waals surface area contributed by atoms with Crippen molar-refractivity contribution >= 4 is 33.2 Å². The van der Waals surface area contributed by atoms with Gasteiger partial charge < -0.3 is 10.1 Å². The molecule has 0 saturated heterocycles. The smallest absolute Gasteiger partial charge is 0.243 e. The van der Waals surface area contributed by atoms with Crippen LogP contribution in [-0.2, 0) is 21.2 Å². The molecule has 2 aromatic carbocycles. The van der Waals surface area contributed by atoms with Gasteiger partial charge in [-0.1, -0.05) is 29.8 Å². The lowest BCUT2D eigenvalue weighted by Crippen LogP contribution is -2.48. The number of hydrogen-bond donors (Lipinski definition) is 1. The van der Waals surface area contributed by atoms with Crippen molar-refractivity contribution in [2.75, 3.05) is 24.2 Å². The van der Waals surface area contributed by atoms with E-state index in [0.29, 0.717) is 23.0 Å². The van der Waals surface area contributed by atoms with Gasteiger partial charge in [-0.3, -0.25) is 9.10 Å². The molecule has 0 radical (unpaired) electrons. The summed E-state index contributed by atoms with van der Waals surface area (Å²) in [6.45, 7) is 2.01. The van der Waals surface area contributed by atoms with Crippen LogP contribution in [0.5, 0.6) is 5.75 Å². The molecule has 1 unspecified atom stereocenters. The lowest BCUT2D eigenvalue weighted by molar-refractivity contribution is -0.121. The zero-order chi connectivity index (χ0) is 20.7. The van der Waals surface area contributed by atoms with Gasteiger partial charge in [0, 0.05) is 17.6 Å². The summed E-state index contributed by atoms with van der Waals surface area (Å²) in [5.74, 6) is 0.158. The Morgan fingerprint density at radius 2 is 1.89 bits per heavy atom. The number of ether oxygens (including phenoxy) is 1. The molecule has 0 fully saturated rings. The second kappa shape index (κ2) is 9.80. The number of amides is 1. The minimum atomic E-state index is -3.66. The number of carbonyl (C=O) groups excluding carboxylic acids is 1. The molecule has 1 atom stereocenters. The molecule has 0 bridgehead atoms. The maximum atomic E-state index is 12.5. The number of halogens is 1. The Morgan fingerprint density at radius 3 is 2.50 bits per heavy atom. The van der Waals surface area contributed by atoms with E-state index in [-0.39, 0.29) is 5.91 Å². The van der Waals surface area contributed by atoms with Crippen LogP contribution in [-0.4, -0.2) is 40.3 Å². The van der Waals surface area contributed by atoms with E-state index in [2.05, 4.69) is 5.32 Å². The zero-order valence-corrected chi connectivity index (χ0v) is 17.8. The summed E-state index contributed by atoms with van der Waals surface area (Å²) in [7, 11) is -2.16. The first kappa shape index (κ1) is 22.0. The van der Waals surface area contributed by atoms with Crippen molar-refractivity contribution in [2.24, 2.45) is 0 Å².